The SMILES string of the molecule is CCCNC(=O)[C@@H](Cc1ccccc1)N(Cc1ccccc1)C(=O)CN(c1cccc(Cl)c1)S(=O)(=O)c1ccc(OC)cc1. The molecule has 0 saturated heterocycles. The van der Waals surface area contributed by atoms with Crippen molar-refractivity contribution in [3.8, 4) is 5.75 Å². The first-order valence-electron chi connectivity index (χ1n) is 14.3. The third-order valence-corrected chi connectivity index (χ3v) is 9.06. The second-order valence-electron chi connectivity index (χ2n) is 10.2. The first kappa shape index (κ1) is 32.6. The smallest absolute Gasteiger partial charge is 0.264 e. The Morgan fingerprint density at radius 3 is 2.09 bits per heavy atom. The summed E-state index contributed by atoms with van der Waals surface area (Å²) >= 11 is 6.28. The van der Waals surface area contributed by atoms with Crippen molar-refractivity contribution in [3.63, 3.8) is 0 Å². The third kappa shape index (κ3) is 8.39. The van der Waals surface area contributed by atoms with E-state index in [1.165, 1.54) is 30.2 Å². The van der Waals surface area contributed by atoms with Crippen molar-refractivity contribution >= 4 is 39.1 Å². The van der Waals surface area contributed by atoms with Gasteiger partial charge in [-0.3, -0.25) is 13.9 Å². The number of hydrogen-bond acceptors (Lipinski definition) is 5. The van der Waals surface area contributed by atoms with Gasteiger partial charge in [0, 0.05) is 24.5 Å². The van der Waals surface area contributed by atoms with E-state index in [1.807, 2.05) is 67.6 Å². The molecule has 0 radical (unpaired) electrons. The van der Waals surface area contributed by atoms with Crippen LogP contribution in [0.5, 0.6) is 5.75 Å². The molecule has 44 heavy (non-hydrogen) atoms. The number of methoxy groups -OCH3 is 1. The van der Waals surface area contributed by atoms with Gasteiger partial charge in [-0.2, -0.15) is 0 Å². The van der Waals surface area contributed by atoms with Crippen LogP contribution >= 0.6 is 11.6 Å². The van der Waals surface area contributed by atoms with Crippen molar-refractivity contribution < 1.29 is 22.7 Å². The van der Waals surface area contributed by atoms with E-state index in [0.717, 1.165) is 21.9 Å². The number of carbonyl (C=O) groups is 2. The molecule has 230 valence electrons. The Hall–Kier alpha value is -4.34. The van der Waals surface area contributed by atoms with Gasteiger partial charge in [-0.15, -0.1) is 0 Å². The van der Waals surface area contributed by atoms with Gasteiger partial charge in [-0.05, 0) is 60.0 Å². The second-order valence-corrected chi connectivity index (χ2v) is 12.5. The van der Waals surface area contributed by atoms with Crippen LogP contribution in [0.25, 0.3) is 0 Å². The molecule has 8 nitrogen and oxygen atoms in total. The molecule has 0 aliphatic carbocycles. The molecular weight excluding hydrogens is 598 g/mol. The topological polar surface area (TPSA) is 96.0 Å². The summed E-state index contributed by atoms with van der Waals surface area (Å²) in [4.78, 5) is 29.5. The molecule has 2 amide bonds. The summed E-state index contributed by atoms with van der Waals surface area (Å²) in [5.41, 5.74) is 1.89. The van der Waals surface area contributed by atoms with Crippen molar-refractivity contribution in [2.45, 2.75) is 37.2 Å². The van der Waals surface area contributed by atoms with Crippen molar-refractivity contribution in [1.82, 2.24) is 10.2 Å². The van der Waals surface area contributed by atoms with Crippen LogP contribution in [0, 0.1) is 0 Å². The molecule has 0 saturated carbocycles. The van der Waals surface area contributed by atoms with Gasteiger partial charge in [0.25, 0.3) is 10.0 Å². The summed E-state index contributed by atoms with van der Waals surface area (Å²) in [5.74, 6) is -0.365. The van der Waals surface area contributed by atoms with Crippen LogP contribution in [-0.2, 0) is 32.6 Å². The molecule has 0 bridgehead atoms. The first-order chi connectivity index (χ1) is 21.2. The quantitative estimate of drug-likeness (QED) is 0.192. The minimum Gasteiger partial charge on any atom is -0.497 e. The van der Waals surface area contributed by atoms with E-state index < -0.39 is 28.5 Å². The second kappa shape index (κ2) is 15.4. The molecule has 1 atom stereocenters. The van der Waals surface area contributed by atoms with Gasteiger partial charge >= 0.3 is 0 Å². The highest BCUT2D eigenvalue weighted by molar-refractivity contribution is 7.92. The molecule has 0 aliphatic rings. The van der Waals surface area contributed by atoms with E-state index in [1.54, 1.807) is 30.3 Å². The van der Waals surface area contributed by atoms with Crippen LogP contribution in [0.1, 0.15) is 24.5 Å². The monoisotopic (exact) mass is 633 g/mol. The molecule has 10 heteroatoms. The zero-order valence-electron chi connectivity index (χ0n) is 24.7. The van der Waals surface area contributed by atoms with E-state index in [2.05, 4.69) is 5.32 Å². The Morgan fingerprint density at radius 1 is 0.864 bits per heavy atom. The summed E-state index contributed by atoms with van der Waals surface area (Å²) < 4.78 is 34.4. The zero-order valence-corrected chi connectivity index (χ0v) is 26.3. The van der Waals surface area contributed by atoms with Gasteiger partial charge in [-0.25, -0.2) is 8.42 Å². The number of carbonyl (C=O) groups excluding carboxylic acids is 2. The van der Waals surface area contributed by atoms with Crippen molar-refractivity contribution in [2.24, 2.45) is 0 Å². The number of rotatable bonds is 14. The van der Waals surface area contributed by atoms with Gasteiger partial charge in [0.2, 0.25) is 11.8 Å². The fraction of sp³-hybridized carbons (Fsp3) is 0.235. The van der Waals surface area contributed by atoms with Crippen LogP contribution in [0.2, 0.25) is 5.02 Å². The molecule has 4 aromatic carbocycles. The van der Waals surface area contributed by atoms with Crippen LogP contribution < -0.4 is 14.4 Å². The lowest BCUT2D eigenvalue weighted by Crippen LogP contribution is -2.53. The van der Waals surface area contributed by atoms with E-state index >= 15 is 0 Å². The fourth-order valence-electron chi connectivity index (χ4n) is 4.73. The van der Waals surface area contributed by atoms with Gasteiger partial charge in [0.15, 0.2) is 0 Å². The minimum absolute atomic E-state index is 0.0257. The summed E-state index contributed by atoms with van der Waals surface area (Å²) in [7, 11) is -2.75. The fourth-order valence-corrected chi connectivity index (χ4v) is 6.33. The molecule has 4 aromatic rings. The number of benzene rings is 4. The highest BCUT2D eigenvalue weighted by atomic mass is 35.5. The van der Waals surface area contributed by atoms with Crippen LogP contribution in [0.15, 0.2) is 114 Å². The largest absolute Gasteiger partial charge is 0.497 e. The first-order valence-corrected chi connectivity index (χ1v) is 16.1. The number of sulfonamides is 1. The molecule has 0 heterocycles. The Bertz CT molecular complexity index is 1630. The predicted octanol–water partition coefficient (Wildman–Crippen LogP) is 5.71. The van der Waals surface area contributed by atoms with Crippen LogP contribution in [0.4, 0.5) is 5.69 Å². The predicted molar refractivity (Wildman–Crippen MR) is 173 cm³/mol. The van der Waals surface area contributed by atoms with Gasteiger partial charge in [0.1, 0.15) is 18.3 Å². The van der Waals surface area contributed by atoms with Crippen LogP contribution in [0.3, 0.4) is 0 Å². The standard InChI is InChI=1S/C34H36ClN3O5S/c1-3-21-36-34(40)32(22-26-11-6-4-7-12-26)37(24-27-13-8-5-9-14-27)33(39)25-38(29-16-10-15-28(35)23-29)44(41,42)31-19-17-30(43-2)18-20-31/h4-20,23,32H,3,21-22,24-25H2,1-2H3,(H,36,40)/t32-/m1/s1. The average Bonchev–Trinajstić information content (AvgIpc) is 3.04. The van der Waals surface area contributed by atoms with Gasteiger partial charge in [-0.1, -0.05) is 85.3 Å². The maximum Gasteiger partial charge on any atom is 0.264 e. The average molecular weight is 634 g/mol. The van der Waals surface area contributed by atoms with E-state index in [4.69, 9.17) is 16.3 Å². The summed E-state index contributed by atoms with van der Waals surface area (Å²) in [6.07, 6.45) is 0.969. The number of hydrogen-bond donors (Lipinski definition) is 1. The molecule has 0 fully saturated rings. The van der Waals surface area contributed by atoms with Gasteiger partial charge < -0.3 is 15.0 Å². The van der Waals surface area contributed by atoms with Crippen LogP contribution in [-0.4, -0.2) is 51.4 Å². The normalized spacial score (nSPS) is 11.8. The van der Waals surface area contributed by atoms with Crippen molar-refractivity contribution in [2.75, 3.05) is 24.5 Å². The molecule has 0 aromatic heterocycles. The molecule has 4 rings (SSSR count). The maximum atomic E-state index is 14.4. The van der Waals surface area contributed by atoms with E-state index in [-0.39, 0.29) is 29.5 Å². The number of anilines is 1. The van der Waals surface area contributed by atoms with Crippen molar-refractivity contribution in [3.05, 3.63) is 125 Å². The number of ether oxygens (including phenoxy) is 1. The molecular formula is C34H36ClN3O5S. The Kier molecular flexibility index (Phi) is 11.4. The van der Waals surface area contributed by atoms with Gasteiger partial charge in [0.05, 0.1) is 17.7 Å². The lowest BCUT2D eigenvalue weighted by Gasteiger charge is -2.34. The zero-order chi connectivity index (χ0) is 31.5. The Balaban J connectivity index is 1.78. The molecule has 0 unspecified atom stereocenters. The Labute approximate surface area is 264 Å². The lowest BCUT2D eigenvalue weighted by molar-refractivity contribution is -0.140. The number of amides is 2. The minimum atomic E-state index is -4.25. The lowest BCUT2D eigenvalue weighted by atomic mass is 10.0. The highest BCUT2D eigenvalue weighted by Gasteiger charge is 2.34. The number of nitrogens with one attached hydrogen (secondary N) is 1. The number of halogens is 1. The maximum absolute atomic E-state index is 14.4. The molecule has 0 aliphatic heterocycles. The molecule has 0 spiro atoms. The van der Waals surface area contributed by atoms with Crippen molar-refractivity contribution in [1.29, 1.82) is 0 Å². The van der Waals surface area contributed by atoms with E-state index in [9.17, 15) is 18.0 Å². The summed E-state index contributed by atoms with van der Waals surface area (Å²) in [6, 6.07) is 30.1. The number of nitrogens with zero attached hydrogens (tertiary/aromatic N) is 2. The third-order valence-electron chi connectivity index (χ3n) is 7.04. The summed E-state index contributed by atoms with van der Waals surface area (Å²) in [6.45, 7) is 1.93. The summed E-state index contributed by atoms with van der Waals surface area (Å²) in [5, 5.41) is 3.25. The Morgan fingerprint density at radius 2 is 1.50 bits per heavy atom. The molecule has 1 N–H and O–H groups in total. The highest BCUT2D eigenvalue weighted by Crippen LogP contribution is 2.28. The van der Waals surface area contributed by atoms with E-state index in [0.29, 0.717) is 17.3 Å².